The van der Waals surface area contributed by atoms with Crippen LogP contribution in [0.2, 0.25) is 0 Å². The van der Waals surface area contributed by atoms with Gasteiger partial charge in [0.25, 0.3) is 5.89 Å². The van der Waals surface area contributed by atoms with Gasteiger partial charge in [0, 0.05) is 38.0 Å². The zero-order valence-corrected chi connectivity index (χ0v) is 34.5. The lowest BCUT2D eigenvalue weighted by atomic mass is 10.2. The number of aromatic nitrogens is 8. The van der Waals surface area contributed by atoms with Crippen LogP contribution in [0.4, 0.5) is 11.9 Å². The minimum atomic E-state index is -3.01. The fourth-order valence-corrected chi connectivity index (χ4v) is 8.92. The lowest BCUT2D eigenvalue weighted by Crippen LogP contribution is -2.46. The van der Waals surface area contributed by atoms with Crippen LogP contribution in [0.5, 0.6) is 0 Å². The molecule has 9 rings (SSSR count). The van der Waals surface area contributed by atoms with Gasteiger partial charge in [-0.25, -0.2) is 25.9 Å². The van der Waals surface area contributed by atoms with Crippen molar-refractivity contribution in [2.75, 3.05) is 72.9 Å². The number of nitrogens with one attached hydrogen (secondary N) is 3. The maximum Gasteiger partial charge on any atom is 0.266 e. The van der Waals surface area contributed by atoms with Crippen molar-refractivity contribution < 1.29 is 40.4 Å². The molecular formula is C35H42ClN13O9S2. The molecule has 60 heavy (non-hydrogen) atoms. The molecule has 0 atom stereocenters. The van der Waals surface area contributed by atoms with Crippen LogP contribution in [-0.2, 0) is 40.6 Å². The number of hydrogen-bond acceptors (Lipinski definition) is 17. The standard InChI is InChI=1S/C18H22N6O5S.C17H19N7O4S.ClH/c25-14(10-19-16(26)11-23-6-8-30(28,29)9-7-23)13-2-1-3-15-20-18(22-24(13)15)21-17(27)12-4-5-12;25-15(11-4-5-11)19-17-18-13-3-1-2-12(24(13)22-17)16-21-20-14(28-16)10-23-6-8-29(26,27)9-7-23;/h1-3,12H,4-11H2,(H,19,26)(H,21,22,27);1-3,11H,4-10H2,(H,19,22,25);1H. The number of halogens is 1. The van der Waals surface area contributed by atoms with E-state index in [1.165, 1.54) is 4.52 Å². The van der Waals surface area contributed by atoms with E-state index < -0.39 is 19.7 Å². The molecule has 320 valence electrons. The third kappa shape index (κ3) is 10.7. The number of carbonyl (C=O) groups excluding carboxylic acids is 4. The van der Waals surface area contributed by atoms with E-state index in [2.05, 4.69) is 46.3 Å². The van der Waals surface area contributed by atoms with Gasteiger partial charge in [-0.1, -0.05) is 12.1 Å². The first-order chi connectivity index (χ1) is 28.3. The highest BCUT2D eigenvalue weighted by Crippen LogP contribution is 2.31. The summed E-state index contributed by atoms with van der Waals surface area (Å²) in [5.74, 6) is 0.563. The lowest BCUT2D eigenvalue weighted by molar-refractivity contribution is -0.122. The van der Waals surface area contributed by atoms with Crippen LogP contribution in [0, 0.1) is 11.8 Å². The molecule has 5 aromatic heterocycles. The Balaban J connectivity index is 0.000000179. The van der Waals surface area contributed by atoms with Crippen LogP contribution in [0.25, 0.3) is 22.9 Å². The number of carbonyl (C=O) groups is 4. The summed E-state index contributed by atoms with van der Waals surface area (Å²) in [6.07, 6.45) is 3.52. The van der Waals surface area contributed by atoms with Gasteiger partial charge in [0.05, 0.1) is 42.6 Å². The van der Waals surface area contributed by atoms with Crippen molar-refractivity contribution >= 4 is 78.8 Å². The molecule has 5 aromatic rings. The molecule has 22 nitrogen and oxygen atoms in total. The Morgan fingerprint density at radius 2 is 1.23 bits per heavy atom. The van der Waals surface area contributed by atoms with E-state index in [1.807, 2.05) is 4.90 Å². The lowest BCUT2D eigenvalue weighted by Gasteiger charge is -2.25. The quantitative estimate of drug-likeness (QED) is 0.138. The summed E-state index contributed by atoms with van der Waals surface area (Å²) >= 11 is 0. The molecule has 0 unspecified atom stereocenters. The Morgan fingerprint density at radius 1 is 0.700 bits per heavy atom. The van der Waals surface area contributed by atoms with Gasteiger partial charge in [-0.15, -0.1) is 32.8 Å². The summed E-state index contributed by atoms with van der Waals surface area (Å²) < 4.78 is 54.7. The molecule has 4 fully saturated rings. The number of rotatable bonds is 12. The average molecular weight is 888 g/mol. The summed E-state index contributed by atoms with van der Waals surface area (Å²) in [4.78, 5) is 60.8. The number of ketones is 1. The highest BCUT2D eigenvalue weighted by atomic mass is 35.5. The van der Waals surface area contributed by atoms with Gasteiger partial charge in [-0.05, 0) is 49.9 Å². The van der Waals surface area contributed by atoms with Gasteiger partial charge in [-0.3, -0.25) is 39.6 Å². The Kier molecular flexibility index (Phi) is 12.6. The topological polar surface area (TPSA) is 278 Å². The van der Waals surface area contributed by atoms with Crippen LogP contribution >= 0.6 is 12.4 Å². The molecule has 4 aliphatic rings. The Labute approximate surface area is 349 Å². The van der Waals surface area contributed by atoms with Crippen molar-refractivity contribution in [3.8, 4) is 11.6 Å². The third-order valence-corrected chi connectivity index (χ3v) is 13.3. The van der Waals surface area contributed by atoms with Crippen molar-refractivity contribution in [3.05, 3.63) is 48.0 Å². The molecule has 0 aromatic carbocycles. The first-order valence-corrected chi connectivity index (χ1v) is 22.7. The minimum Gasteiger partial charge on any atom is -0.418 e. The van der Waals surface area contributed by atoms with Crippen LogP contribution in [0.3, 0.4) is 0 Å². The second-order valence-corrected chi connectivity index (χ2v) is 19.4. The Morgan fingerprint density at radius 3 is 1.82 bits per heavy atom. The maximum absolute atomic E-state index is 12.6. The highest BCUT2D eigenvalue weighted by molar-refractivity contribution is 7.91. The molecule has 2 saturated heterocycles. The second-order valence-electron chi connectivity index (χ2n) is 14.8. The molecule has 25 heteroatoms. The first-order valence-electron chi connectivity index (χ1n) is 19.1. The number of sulfone groups is 2. The third-order valence-electron chi connectivity index (χ3n) is 10.1. The number of hydrogen-bond donors (Lipinski definition) is 3. The summed E-state index contributed by atoms with van der Waals surface area (Å²) in [7, 11) is -5.95. The fraction of sp³-hybridized carbons (Fsp3) is 0.486. The van der Waals surface area contributed by atoms with E-state index in [0.29, 0.717) is 55.6 Å². The molecule has 2 saturated carbocycles. The second kappa shape index (κ2) is 17.7. The fourth-order valence-electron chi connectivity index (χ4n) is 6.36. The minimum absolute atomic E-state index is 0. The van der Waals surface area contributed by atoms with Crippen molar-refractivity contribution in [2.45, 2.75) is 32.2 Å². The van der Waals surface area contributed by atoms with Gasteiger partial charge in [0.1, 0.15) is 11.4 Å². The van der Waals surface area contributed by atoms with Crippen molar-refractivity contribution in [3.63, 3.8) is 0 Å². The number of amides is 3. The normalized spacial score (nSPS) is 18.8. The largest absolute Gasteiger partial charge is 0.418 e. The zero-order valence-electron chi connectivity index (χ0n) is 32.1. The molecular weight excluding hydrogens is 846 g/mol. The first kappa shape index (κ1) is 42.7. The van der Waals surface area contributed by atoms with Gasteiger partial charge in [-0.2, -0.15) is 9.97 Å². The van der Waals surface area contributed by atoms with Crippen LogP contribution in [0.15, 0.2) is 40.8 Å². The van der Waals surface area contributed by atoms with E-state index >= 15 is 0 Å². The van der Waals surface area contributed by atoms with Gasteiger partial charge >= 0.3 is 0 Å². The number of fused-ring (bicyclic) bond motifs is 2. The van der Waals surface area contributed by atoms with Crippen LogP contribution in [-0.4, -0.2) is 152 Å². The summed E-state index contributed by atoms with van der Waals surface area (Å²) in [6, 6.07) is 10.2. The molecule has 3 N–H and O–H groups in total. The van der Waals surface area contributed by atoms with Gasteiger partial charge in [0.15, 0.2) is 36.8 Å². The summed E-state index contributed by atoms with van der Waals surface area (Å²) in [5.41, 5.74) is 1.75. The molecule has 7 heterocycles. The van der Waals surface area contributed by atoms with E-state index in [-0.39, 0.29) is 107 Å². The average Bonchev–Trinajstić information content (AvgIpc) is 4.12. The molecule has 0 bridgehead atoms. The van der Waals surface area contributed by atoms with Gasteiger partial charge < -0.3 is 9.73 Å². The zero-order chi connectivity index (χ0) is 41.3. The van der Waals surface area contributed by atoms with Crippen molar-refractivity contribution in [1.82, 2.24) is 54.5 Å². The summed E-state index contributed by atoms with van der Waals surface area (Å²) in [6.45, 7) is 1.69. The number of pyridine rings is 2. The van der Waals surface area contributed by atoms with Crippen LogP contribution < -0.4 is 16.0 Å². The van der Waals surface area contributed by atoms with E-state index in [1.54, 1.807) is 45.8 Å². The van der Waals surface area contributed by atoms with Gasteiger partial charge in [0.2, 0.25) is 35.5 Å². The molecule has 2 aliphatic carbocycles. The SMILES string of the molecule is Cl.O=C(CN1CCS(=O)(=O)CC1)NCC(=O)c1cccc2nc(NC(=O)C3CC3)nn12.O=C(Nc1nc2cccc(-c3nnc(CN4CCS(=O)(=O)CC4)o3)n2n1)C1CC1. The van der Waals surface area contributed by atoms with E-state index in [9.17, 15) is 36.0 Å². The molecule has 0 spiro atoms. The Bertz CT molecular complexity index is 2630. The number of Topliss-reactive ketones (excluding diaryl/α,β-unsaturated/α-hetero) is 1. The molecule has 3 amide bonds. The highest BCUT2D eigenvalue weighted by Gasteiger charge is 2.32. The van der Waals surface area contributed by atoms with E-state index in [4.69, 9.17) is 4.42 Å². The predicted molar refractivity (Wildman–Crippen MR) is 216 cm³/mol. The number of nitrogens with zero attached hydrogens (tertiary/aromatic N) is 10. The van der Waals surface area contributed by atoms with Crippen molar-refractivity contribution in [2.24, 2.45) is 11.8 Å². The molecule has 0 radical (unpaired) electrons. The number of anilines is 2. The van der Waals surface area contributed by atoms with E-state index in [0.717, 1.165) is 25.7 Å². The van der Waals surface area contributed by atoms with Crippen LogP contribution in [0.1, 0.15) is 42.1 Å². The predicted octanol–water partition coefficient (Wildman–Crippen LogP) is -0.113. The maximum atomic E-state index is 12.6. The Hall–Kier alpha value is -5.43. The summed E-state index contributed by atoms with van der Waals surface area (Å²) in [5, 5.41) is 24.7. The smallest absolute Gasteiger partial charge is 0.266 e. The monoisotopic (exact) mass is 887 g/mol. The molecule has 2 aliphatic heterocycles. The van der Waals surface area contributed by atoms with Crippen molar-refractivity contribution in [1.29, 1.82) is 0 Å².